The summed E-state index contributed by atoms with van der Waals surface area (Å²) < 4.78 is 1.80. The van der Waals surface area contributed by atoms with E-state index >= 15 is 0 Å². The molecule has 72 valence electrons. The molecule has 4 heteroatoms. The van der Waals surface area contributed by atoms with Crippen LogP contribution in [0.1, 0.15) is 12.5 Å². The molecule has 1 aliphatic rings. The van der Waals surface area contributed by atoms with Crippen LogP contribution in [0.25, 0.3) is 0 Å². The molecule has 1 aliphatic heterocycles. The SMILES string of the molecule is Cn1cc(CN2CC(C)(O)C2)cn1. The van der Waals surface area contributed by atoms with Crippen LogP contribution in [-0.2, 0) is 13.6 Å². The highest BCUT2D eigenvalue weighted by Gasteiger charge is 2.36. The van der Waals surface area contributed by atoms with Gasteiger partial charge in [0.25, 0.3) is 0 Å². The van der Waals surface area contributed by atoms with E-state index in [2.05, 4.69) is 10.00 Å². The van der Waals surface area contributed by atoms with Gasteiger partial charge < -0.3 is 5.11 Å². The first-order chi connectivity index (χ1) is 6.05. The minimum absolute atomic E-state index is 0.470. The molecule has 2 rings (SSSR count). The van der Waals surface area contributed by atoms with Crippen LogP contribution in [0.5, 0.6) is 0 Å². The number of hydrogen-bond donors (Lipinski definition) is 1. The van der Waals surface area contributed by atoms with Crippen molar-refractivity contribution in [2.45, 2.75) is 19.1 Å². The predicted molar refractivity (Wildman–Crippen MR) is 49.1 cm³/mol. The Balaban J connectivity index is 1.87. The van der Waals surface area contributed by atoms with Gasteiger partial charge in [0, 0.05) is 38.4 Å². The molecule has 0 spiro atoms. The number of aryl methyl sites for hydroxylation is 1. The molecule has 1 aromatic heterocycles. The van der Waals surface area contributed by atoms with Gasteiger partial charge in [0.2, 0.25) is 0 Å². The summed E-state index contributed by atoms with van der Waals surface area (Å²) in [6.07, 6.45) is 3.88. The van der Waals surface area contributed by atoms with Crippen LogP contribution < -0.4 is 0 Å². The zero-order chi connectivity index (χ0) is 9.47. The highest BCUT2D eigenvalue weighted by Crippen LogP contribution is 2.21. The van der Waals surface area contributed by atoms with E-state index in [1.807, 2.05) is 26.4 Å². The molecule has 1 fully saturated rings. The first kappa shape index (κ1) is 8.72. The Morgan fingerprint density at radius 1 is 1.62 bits per heavy atom. The molecular weight excluding hydrogens is 166 g/mol. The zero-order valence-electron chi connectivity index (χ0n) is 8.06. The van der Waals surface area contributed by atoms with Gasteiger partial charge in [-0.2, -0.15) is 5.10 Å². The second-order valence-corrected chi connectivity index (χ2v) is 4.16. The molecule has 0 atom stereocenters. The van der Waals surface area contributed by atoms with Gasteiger partial charge in [-0.3, -0.25) is 9.58 Å². The Kier molecular flexibility index (Phi) is 1.89. The van der Waals surface area contributed by atoms with Crippen LogP contribution in [0.4, 0.5) is 0 Å². The Bertz CT molecular complexity index is 298. The fourth-order valence-electron chi connectivity index (χ4n) is 1.84. The highest BCUT2D eigenvalue weighted by atomic mass is 16.3. The van der Waals surface area contributed by atoms with Crippen LogP contribution in [0, 0.1) is 0 Å². The molecule has 13 heavy (non-hydrogen) atoms. The van der Waals surface area contributed by atoms with Crippen molar-refractivity contribution in [3.05, 3.63) is 18.0 Å². The molecule has 0 unspecified atom stereocenters. The lowest BCUT2D eigenvalue weighted by molar-refractivity contribution is -0.0871. The van der Waals surface area contributed by atoms with Crippen LogP contribution in [-0.4, -0.2) is 38.5 Å². The predicted octanol–water partition coefficient (Wildman–Crippen LogP) is -0.0133. The summed E-state index contributed by atoms with van der Waals surface area (Å²) in [5, 5.41) is 13.6. The summed E-state index contributed by atoms with van der Waals surface area (Å²) in [6.45, 7) is 4.29. The van der Waals surface area contributed by atoms with Crippen molar-refractivity contribution in [3.8, 4) is 0 Å². The second-order valence-electron chi connectivity index (χ2n) is 4.16. The van der Waals surface area contributed by atoms with E-state index < -0.39 is 5.60 Å². The maximum Gasteiger partial charge on any atom is 0.0872 e. The lowest BCUT2D eigenvalue weighted by Gasteiger charge is -2.44. The number of hydrogen-bond acceptors (Lipinski definition) is 3. The summed E-state index contributed by atoms with van der Waals surface area (Å²) in [6, 6.07) is 0. The van der Waals surface area contributed by atoms with E-state index in [9.17, 15) is 5.11 Å². The normalized spacial score (nSPS) is 21.5. The quantitative estimate of drug-likeness (QED) is 0.697. The molecule has 1 saturated heterocycles. The van der Waals surface area contributed by atoms with Crippen LogP contribution in [0.3, 0.4) is 0 Å². The van der Waals surface area contributed by atoms with Crippen molar-refractivity contribution in [1.82, 2.24) is 14.7 Å². The Morgan fingerprint density at radius 3 is 2.77 bits per heavy atom. The van der Waals surface area contributed by atoms with Crippen molar-refractivity contribution in [1.29, 1.82) is 0 Å². The highest BCUT2D eigenvalue weighted by molar-refractivity contribution is 5.06. The fourth-order valence-corrected chi connectivity index (χ4v) is 1.84. The van der Waals surface area contributed by atoms with Gasteiger partial charge in [-0.25, -0.2) is 0 Å². The number of aliphatic hydroxyl groups is 1. The monoisotopic (exact) mass is 181 g/mol. The van der Waals surface area contributed by atoms with Gasteiger partial charge in [0.15, 0.2) is 0 Å². The maximum atomic E-state index is 9.50. The van der Waals surface area contributed by atoms with Crippen molar-refractivity contribution < 1.29 is 5.11 Å². The second kappa shape index (κ2) is 2.82. The van der Waals surface area contributed by atoms with E-state index in [1.54, 1.807) is 4.68 Å². The topological polar surface area (TPSA) is 41.3 Å². The summed E-state index contributed by atoms with van der Waals surface area (Å²) in [7, 11) is 1.91. The molecule has 4 nitrogen and oxygen atoms in total. The van der Waals surface area contributed by atoms with Crippen molar-refractivity contribution >= 4 is 0 Å². The minimum atomic E-state index is -0.470. The van der Waals surface area contributed by atoms with Gasteiger partial charge in [-0.15, -0.1) is 0 Å². The number of β-amino-alcohol motifs (C(OH)–C–C–N with tert-alkyl or cyclic N) is 1. The summed E-state index contributed by atoms with van der Waals surface area (Å²) in [5.74, 6) is 0. The number of nitrogens with zero attached hydrogens (tertiary/aromatic N) is 3. The van der Waals surface area contributed by atoms with Crippen molar-refractivity contribution in [3.63, 3.8) is 0 Å². The molecule has 0 amide bonds. The Morgan fingerprint density at radius 2 is 2.31 bits per heavy atom. The van der Waals surface area contributed by atoms with E-state index in [-0.39, 0.29) is 0 Å². The molecule has 0 bridgehead atoms. The first-order valence-electron chi connectivity index (χ1n) is 4.47. The van der Waals surface area contributed by atoms with E-state index in [4.69, 9.17) is 0 Å². The van der Waals surface area contributed by atoms with Gasteiger partial charge >= 0.3 is 0 Å². The van der Waals surface area contributed by atoms with Crippen molar-refractivity contribution in [2.24, 2.45) is 7.05 Å². The fraction of sp³-hybridized carbons (Fsp3) is 0.667. The molecular formula is C9H15N3O. The summed E-state index contributed by atoms with van der Waals surface area (Å²) in [4.78, 5) is 2.21. The third kappa shape index (κ3) is 1.89. The largest absolute Gasteiger partial charge is 0.388 e. The molecule has 1 N–H and O–H groups in total. The van der Waals surface area contributed by atoms with Crippen LogP contribution in [0.2, 0.25) is 0 Å². The molecule has 0 radical (unpaired) electrons. The molecule has 0 aromatic carbocycles. The average molecular weight is 181 g/mol. The smallest absolute Gasteiger partial charge is 0.0872 e. The standard InChI is InChI=1S/C9H15N3O/c1-9(13)6-12(7-9)5-8-3-10-11(2)4-8/h3-4,13H,5-7H2,1-2H3. The lowest BCUT2D eigenvalue weighted by atomic mass is 9.97. The molecule has 1 aromatic rings. The van der Waals surface area contributed by atoms with Gasteiger partial charge in [-0.05, 0) is 6.92 Å². The zero-order valence-corrected chi connectivity index (χ0v) is 8.06. The molecule has 0 aliphatic carbocycles. The number of aromatic nitrogens is 2. The molecule has 0 saturated carbocycles. The lowest BCUT2D eigenvalue weighted by Crippen LogP contribution is -2.59. The third-order valence-electron chi connectivity index (χ3n) is 2.29. The summed E-state index contributed by atoms with van der Waals surface area (Å²) >= 11 is 0. The number of rotatable bonds is 2. The van der Waals surface area contributed by atoms with E-state index in [0.29, 0.717) is 0 Å². The van der Waals surface area contributed by atoms with Gasteiger partial charge in [0.1, 0.15) is 0 Å². The van der Waals surface area contributed by atoms with Crippen molar-refractivity contribution in [2.75, 3.05) is 13.1 Å². The van der Waals surface area contributed by atoms with Crippen LogP contribution >= 0.6 is 0 Å². The van der Waals surface area contributed by atoms with Gasteiger partial charge in [-0.1, -0.05) is 0 Å². The third-order valence-corrected chi connectivity index (χ3v) is 2.29. The van der Waals surface area contributed by atoms with E-state index in [1.165, 1.54) is 5.56 Å². The van der Waals surface area contributed by atoms with E-state index in [0.717, 1.165) is 19.6 Å². The Hall–Kier alpha value is -0.870. The van der Waals surface area contributed by atoms with Crippen LogP contribution in [0.15, 0.2) is 12.4 Å². The minimum Gasteiger partial charge on any atom is -0.388 e. The first-order valence-corrected chi connectivity index (χ1v) is 4.47. The Labute approximate surface area is 77.8 Å². The maximum absolute atomic E-state index is 9.50. The summed E-state index contributed by atoms with van der Waals surface area (Å²) in [5.41, 5.74) is 0.736. The number of likely N-dealkylation sites (tertiary alicyclic amines) is 1. The average Bonchev–Trinajstić information content (AvgIpc) is 2.31. The van der Waals surface area contributed by atoms with Gasteiger partial charge in [0.05, 0.1) is 11.8 Å². The molecule has 2 heterocycles.